The summed E-state index contributed by atoms with van der Waals surface area (Å²) in [7, 11) is 0. The summed E-state index contributed by atoms with van der Waals surface area (Å²) in [6.07, 6.45) is 11.9. The lowest BCUT2D eigenvalue weighted by Crippen LogP contribution is -2.39. The zero-order valence-electron chi connectivity index (χ0n) is 14.8. The fraction of sp³-hybridized carbons (Fsp3) is 0.895. The second-order valence-electron chi connectivity index (χ2n) is 8.22. The van der Waals surface area contributed by atoms with Crippen LogP contribution >= 0.6 is 0 Å². The Bertz CT molecular complexity index is 462. The summed E-state index contributed by atoms with van der Waals surface area (Å²) in [4.78, 5) is 25.9. The molecule has 0 unspecified atom stereocenters. The molecular formula is C19H32N2O3. The lowest BCUT2D eigenvalue weighted by atomic mass is 9.81. The van der Waals surface area contributed by atoms with Gasteiger partial charge in [-0.2, -0.15) is 0 Å². The number of hydrogen-bond donors (Lipinski definition) is 2. The third kappa shape index (κ3) is 3.93. The lowest BCUT2D eigenvalue weighted by Gasteiger charge is -2.23. The number of nitrogens with one attached hydrogen (secondary N) is 1. The van der Waals surface area contributed by atoms with Gasteiger partial charge >= 0.3 is 5.97 Å². The van der Waals surface area contributed by atoms with Crippen LogP contribution in [0.4, 0.5) is 0 Å². The summed E-state index contributed by atoms with van der Waals surface area (Å²) in [6, 6.07) is 0. The number of amides is 1. The summed E-state index contributed by atoms with van der Waals surface area (Å²) in [5.74, 6) is 0.484. The van der Waals surface area contributed by atoms with Crippen LogP contribution in [0.15, 0.2) is 0 Å². The van der Waals surface area contributed by atoms with Crippen LogP contribution in [-0.2, 0) is 9.59 Å². The van der Waals surface area contributed by atoms with E-state index in [2.05, 4.69) is 10.2 Å². The summed E-state index contributed by atoms with van der Waals surface area (Å²) >= 11 is 0. The van der Waals surface area contributed by atoms with Crippen molar-refractivity contribution in [3.05, 3.63) is 0 Å². The minimum absolute atomic E-state index is 0.0548. The minimum atomic E-state index is -0.666. The SMILES string of the molecule is O=C(CN1C[C@@H]2CCC[C@@]2(C(=O)O)C1)NCCCC1CCCCC1. The third-order valence-electron chi connectivity index (χ3n) is 6.57. The molecule has 3 fully saturated rings. The van der Waals surface area contributed by atoms with Gasteiger partial charge in [-0.3, -0.25) is 14.5 Å². The molecule has 5 nitrogen and oxygen atoms in total. The van der Waals surface area contributed by atoms with Crippen LogP contribution in [0, 0.1) is 17.3 Å². The van der Waals surface area contributed by atoms with Crippen molar-refractivity contribution in [3.8, 4) is 0 Å². The van der Waals surface area contributed by atoms with Crippen molar-refractivity contribution in [2.45, 2.75) is 64.2 Å². The summed E-state index contributed by atoms with van der Waals surface area (Å²) in [5, 5.41) is 12.6. The van der Waals surface area contributed by atoms with Crippen LogP contribution in [0.25, 0.3) is 0 Å². The van der Waals surface area contributed by atoms with Crippen molar-refractivity contribution < 1.29 is 14.7 Å². The number of fused-ring (bicyclic) bond motifs is 1. The van der Waals surface area contributed by atoms with Crippen molar-refractivity contribution in [3.63, 3.8) is 0 Å². The van der Waals surface area contributed by atoms with E-state index in [4.69, 9.17) is 0 Å². The summed E-state index contributed by atoms with van der Waals surface area (Å²) in [5.41, 5.74) is -0.582. The van der Waals surface area contributed by atoms with Crippen molar-refractivity contribution >= 4 is 11.9 Å². The van der Waals surface area contributed by atoms with Crippen molar-refractivity contribution in [1.29, 1.82) is 0 Å². The first kappa shape index (κ1) is 17.7. The Labute approximate surface area is 145 Å². The monoisotopic (exact) mass is 336 g/mol. The molecule has 2 atom stereocenters. The Balaban J connectivity index is 1.34. The number of carboxylic acids is 1. The molecule has 2 aliphatic carbocycles. The van der Waals surface area contributed by atoms with Crippen LogP contribution in [0.5, 0.6) is 0 Å². The van der Waals surface area contributed by atoms with Gasteiger partial charge in [0.05, 0.1) is 12.0 Å². The fourth-order valence-electron chi connectivity index (χ4n) is 5.22. The highest BCUT2D eigenvalue weighted by Crippen LogP contribution is 2.48. The van der Waals surface area contributed by atoms with E-state index in [1.807, 2.05) is 0 Å². The topological polar surface area (TPSA) is 69.6 Å². The Morgan fingerprint density at radius 3 is 2.62 bits per heavy atom. The number of rotatable bonds is 7. The number of carboxylic acid groups (broad SMARTS) is 1. The van der Waals surface area contributed by atoms with E-state index in [1.54, 1.807) is 0 Å². The van der Waals surface area contributed by atoms with Gasteiger partial charge in [0, 0.05) is 19.6 Å². The van der Waals surface area contributed by atoms with Crippen molar-refractivity contribution in [2.24, 2.45) is 17.3 Å². The molecule has 1 heterocycles. The molecule has 0 aromatic heterocycles. The third-order valence-corrected chi connectivity index (χ3v) is 6.57. The van der Waals surface area contributed by atoms with Gasteiger partial charge in [0.1, 0.15) is 0 Å². The van der Waals surface area contributed by atoms with E-state index in [0.717, 1.165) is 44.7 Å². The molecule has 0 spiro atoms. The van der Waals surface area contributed by atoms with E-state index < -0.39 is 11.4 Å². The maximum Gasteiger partial charge on any atom is 0.311 e. The van der Waals surface area contributed by atoms with Crippen LogP contribution in [0.2, 0.25) is 0 Å². The van der Waals surface area contributed by atoms with Crippen molar-refractivity contribution in [1.82, 2.24) is 10.2 Å². The Hall–Kier alpha value is -1.10. The Kier molecular flexibility index (Phi) is 5.80. The average Bonchev–Trinajstić information content (AvgIpc) is 3.10. The average molecular weight is 336 g/mol. The first-order valence-corrected chi connectivity index (χ1v) is 9.82. The molecule has 2 saturated carbocycles. The first-order chi connectivity index (χ1) is 11.6. The van der Waals surface area contributed by atoms with Gasteiger partial charge in [0.25, 0.3) is 0 Å². The summed E-state index contributed by atoms with van der Waals surface area (Å²) in [6.45, 7) is 2.43. The number of carbonyl (C=O) groups excluding carboxylic acids is 1. The van der Waals surface area contributed by atoms with Crippen LogP contribution in [-0.4, -0.2) is 48.1 Å². The summed E-state index contributed by atoms with van der Waals surface area (Å²) < 4.78 is 0. The molecule has 136 valence electrons. The second-order valence-corrected chi connectivity index (χ2v) is 8.22. The van der Waals surface area contributed by atoms with Gasteiger partial charge in [-0.1, -0.05) is 38.5 Å². The predicted octanol–water partition coefficient (Wildman–Crippen LogP) is 2.65. The van der Waals surface area contributed by atoms with E-state index >= 15 is 0 Å². The molecule has 0 bridgehead atoms. The quantitative estimate of drug-likeness (QED) is 0.701. The smallest absolute Gasteiger partial charge is 0.311 e. The standard InChI is InChI=1S/C19H32N2O3/c22-17(20-11-5-8-15-6-2-1-3-7-15)13-21-12-16-9-4-10-19(16,14-21)18(23)24/h15-16H,1-14H2,(H,20,22)(H,23,24)/t16-,19+/m0/s1. The molecular weight excluding hydrogens is 304 g/mol. The van der Waals surface area contributed by atoms with Gasteiger partial charge in [0.15, 0.2) is 0 Å². The highest BCUT2D eigenvalue weighted by Gasteiger charge is 2.54. The highest BCUT2D eigenvalue weighted by atomic mass is 16.4. The number of likely N-dealkylation sites (tertiary alicyclic amines) is 1. The molecule has 3 rings (SSSR count). The van der Waals surface area contributed by atoms with Gasteiger partial charge in [0.2, 0.25) is 5.91 Å². The molecule has 2 N–H and O–H groups in total. The minimum Gasteiger partial charge on any atom is -0.481 e. The van der Waals surface area contributed by atoms with E-state index in [9.17, 15) is 14.7 Å². The zero-order valence-corrected chi connectivity index (χ0v) is 14.8. The van der Waals surface area contributed by atoms with Gasteiger partial charge in [-0.15, -0.1) is 0 Å². The van der Waals surface area contributed by atoms with Gasteiger partial charge < -0.3 is 10.4 Å². The molecule has 5 heteroatoms. The molecule has 0 aromatic carbocycles. The van der Waals surface area contributed by atoms with Gasteiger partial charge in [-0.25, -0.2) is 0 Å². The number of hydrogen-bond acceptors (Lipinski definition) is 3. The number of nitrogens with zero attached hydrogens (tertiary/aromatic N) is 1. The molecule has 3 aliphatic rings. The number of carbonyl (C=O) groups is 2. The lowest BCUT2D eigenvalue weighted by molar-refractivity contribution is -0.149. The van der Waals surface area contributed by atoms with E-state index in [1.165, 1.54) is 38.5 Å². The van der Waals surface area contributed by atoms with Crippen molar-refractivity contribution in [2.75, 3.05) is 26.2 Å². The normalized spacial score (nSPS) is 31.1. The second kappa shape index (κ2) is 7.85. The molecule has 1 aliphatic heterocycles. The zero-order chi connectivity index (χ0) is 17.0. The Morgan fingerprint density at radius 1 is 1.12 bits per heavy atom. The van der Waals surface area contributed by atoms with Crippen LogP contribution in [0.1, 0.15) is 64.2 Å². The van der Waals surface area contributed by atoms with Crippen LogP contribution < -0.4 is 5.32 Å². The number of aliphatic carboxylic acids is 1. The molecule has 0 radical (unpaired) electrons. The van der Waals surface area contributed by atoms with Crippen LogP contribution in [0.3, 0.4) is 0 Å². The largest absolute Gasteiger partial charge is 0.481 e. The predicted molar refractivity (Wildman–Crippen MR) is 92.7 cm³/mol. The maximum atomic E-state index is 12.1. The highest BCUT2D eigenvalue weighted by molar-refractivity contribution is 5.79. The molecule has 24 heavy (non-hydrogen) atoms. The van der Waals surface area contributed by atoms with Gasteiger partial charge in [-0.05, 0) is 37.5 Å². The molecule has 1 amide bonds. The first-order valence-electron chi connectivity index (χ1n) is 9.82. The molecule has 1 saturated heterocycles. The fourth-order valence-corrected chi connectivity index (χ4v) is 5.22. The van der Waals surface area contributed by atoms with E-state index in [0.29, 0.717) is 13.1 Å². The maximum absolute atomic E-state index is 12.1. The molecule has 0 aromatic rings. The van der Waals surface area contributed by atoms with E-state index in [-0.39, 0.29) is 11.8 Å². The Morgan fingerprint density at radius 2 is 1.92 bits per heavy atom.